The summed E-state index contributed by atoms with van der Waals surface area (Å²) in [6, 6.07) is 3.09. The number of aliphatic hydroxyl groups is 1. The van der Waals surface area contributed by atoms with Crippen LogP contribution < -0.4 is 0 Å². The summed E-state index contributed by atoms with van der Waals surface area (Å²) in [5.74, 6) is -0.640. The second-order valence-electron chi connectivity index (χ2n) is 2.65. The van der Waals surface area contributed by atoms with Crippen LogP contribution in [0, 0.1) is 0 Å². The molecule has 0 aliphatic heterocycles. The summed E-state index contributed by atoms with van der Waals surface area (Å²) in [7, 11) is 0. The minimum atomic E-state index is -4.82. The first-order valence-corrected chi connectivity index (χ1v) is 3.93. The summed E-state index contributed by atoms with van der Waals surface area (Å²) in [6.45, 7) is 0. The number of alkyl halides is 3. The first-order valence-electron chi connectivity index (χ1n) is 3.55. The van der Waals surface area contributed by atoms with E-state index in [1.54, 1.807) is 0 Å². The maximum absolute atomic E-state index is 12.0. The van der Waals surface area contributed by atoms with Gasteiger partial charge in [0, 0.05) is 10.6 Å². The van der Waals surface area contributed by atoms with Gasteiger partial charge in [-0.05, 0) is 18.2 Å². The minimum absolute atomic E-state index is 0.0149. The van der Waals surface area contributed by atoms with Crippen LogP contribution in [0.5, 0.6) is 5.75 Å². The third-order valence-electron chi connectivity index (χ3n) is 1.59. The largest absolute Gasteiger partial charge is 0.508 e. The minimum Gasteiger partial charge on any atom is -0.508 e. The van der Waals surface area contributed by atoms with Crippen molar-refractivity contribution in [3.63, 3.8) is 0 Å². The Balaban J connectivity index is 3.12. The van der Waals surface area contributed by atoms with Crippen LogP contribution in [-0.2, 0) is 0 Å². The Kier molecular flexibility index (Phi) is 2.92. The fraction of sp³-hybridized carbons (Fsp3) is 0.250. The van der Waals surface area contributed by atoms with Crippen molar-refractivity contribution in [2.75, 3.05) is 0 Å². The van der Waals surface area contributed by atoms with Crippen molar-refractivity contribution in [3.8, 4) is 5.75 Å². The highest BCUT2D eigenvalue weighted by Crippen LogP contribution is 2.37. The molecular weight excluding hydrogens is 221 g/mol. The van der Waals surface area contributed by atoms with Gasteiger partial charge in [-0.25, -0.2) is 0 Å². The Hall–Kier alpha value is -0.940. The van der Waals surface area contributed by atoms with Crippen LogP contribution in [0.15, 0.2) is 18.2 Å². The average molecular weight is 227 g/mol. The Bertz CT molecular complexity index is 338. The molecule has 2 N–H and O–H groups in total. The van der Waals surface area contributed by atoms with Gasteiger partial charge in [0.15, 0.2) is 6.10 Å². The SMILES string of the molecule is Oc1ccc(Cl)cc1[C@H](O)C(F)(F)F. The normalized spacial score (nSPS) is 14.1. The molecule has 0 radical (unpaired) electrons. The van der Waals surface area contributed by atoms with Crippen molar-refractivity contribution in [2.45, 2.75) is 12.3 Å². The predicted molar refractivity (Wildman–Crippen MR) is 44.1 cm³/mol. The van der Waals surface area contributed by atoms with Crippen LogP contribution in [0.3, 0.4) is 0 Å². The van der Waals surface area contributed by atoms with E-state index in [2.05, 4.69) is 0 Å². The van der Waals surface area contributed by atoms with E-state index in [9.17, 15) is 13.2 Å². The summed E-state index contributed by atoms with van der Waals surface area (Å²) in [5, 5.41) is 17.9. The van der Waals surface area contributed by atoms with Crippen LogP contribution >= 0.6 is 11.6 Å². The number of rotatable bonds is 1. The van der Waals surface area contributed by atoms with Gasteiger partial charge in [-0.1, -0.05) is 11.6 Å². The molecule has 14 heavy (non-hydrogen) atoms. The molecule has 0 aliphatic rings. The number of hydrogen-bond donors (Lipinski definition) is 2. The number of hydrogen-bond acceptors (Lipinski definition) is 2. The molecule has 0 spiro atoms. The van der Waals surface area contributed by atoms with Gasteiger partial charge in [-0.3, -0.25) is 0 Å². The zero-order valence-corrected chi connectivity index (χ0v) is 7.47. The molecule has 1 rings (SSSR count). The van der Waals surface area contributed by atoms with Gasteiger partial charge >= 0.3 is 6.18 Å². The summed E-state index contributed by atoms with van der Waals surface area (Å²) < 4.78 is 36.1. The highest BCUT2D eigenvalue weighted by Gasteiger charge is 2.40. The number of phenolic OH excluding ortho intramolecular Hbond substituents is 1. The average Bonchev–Trinajstić information content (AvgIpc) is 2.06. The third-order valence-corrected chi connectivity index (χ3v) is 1.83. The van der Waals surface area contributed by atoms with Gasteiger partial charge in [0.2, 0.25) is 0 Å². The molecule has 1 atom stereocenters. The molecule has 78 valence electrons. The molecule has 0 fully saturated rings. The number of phenols is 1. The molecule has 0 saturated heterocycles. The van der Waals surface area contributed by atoms with E-state index < -0.39 is 23.6 Å². The second kappa shape index (κ2) is 3.67. The van der Waals surface area contributed by atoms with Crippen molar-refractivity contribution in [1.82, 2.24) is 0 Å². The van der Waals surface area contributed by atoms with Gasteiger partial charge in [0.05, 0.1) is 0 Å². The monoisotopic (exact) mass is 226 g/mol. The molecule has 0 aromatic heterocycles. The number of benzene rings is 1. The second-order valence-corrected chi connectivity index (χ2v) is 3.08. The van der Waals surface area contributed by atoms with Crippen LogP contribution in [0.2, 0.25) is 5.02 Å². The molecule has 1 aromatic carbocycles. The maximum atomic E-state index is 12.0. The predicted octanol–water partition coefficient (Wildman–Crippen LogP) is 2.64. The van der Waals surface area contributed by atoms with Crippen LogP contribution in [0.1, 0.15) is 11.7 Å². The fourth-order valence-corrected chi connectivity index (χ4v) is 1.10. The smallest absolute Gasteiger partial charge is 0.418 e. The quantitative estimate of drug-likeness (QED) is 0.773. The summed E-state index contributed by atoms with van der Waals surface area (Å²) in [4.78, 5) is 0. The molecule has 0 heterocycles. The first kappa shape index (κ1) is 11.1. The molecule has 6 heteroatoms. The molecule has 0 amide bonds. The van der Waals surface area contributed by atoms with E-state index >= 15 is 0 Å². The lowest BCUT2D eigenvalue weighted by Gasteiger charge is -2.15. The highest BCUT2D eigenvalue weighted by atomic mass is 35.5. The Morgan fingerprint density at radius 3 is 2.36 bits per heavy atom. The third kappa shape index (κ3) is 2.30. The molecule has 0 bridgehead atoms. The van der Waals surface area contributed by atoms with Gasteiger partial charge in [0.25, 0.3) is 0 Å². The topological polar surface area (TPSA) is 40.5 Å². The number of aromatic hydroxyl groups is 1. The van der Waals surface area contributed by atoms with E-state index in [-0.39, 0.29) is 5.02 Å². The molecule has 1 aromatic rings. The standard InChI is InChI=1S/C8H6ClF3O2/c9-4-1-2-6(13)5(3-4)7(14)8(10,11)12/h1-3,7,13-14H/t7-/m0/s1. The number of aliphatic hydroxyl groups excluding tert-OH is 1. The first-order chi connectivity index (χ1) is 6.32. The van der Waals surface area contributed by atoms with E-state index in [1.807, 2.05) is 0 Å². The summed E-state index contributed by atoms with van der Waals surface area (Å²) in [5.41, 5.74) is -0.648. The van der Waals surface area contributed by atoms with E-state index in [4.69, 9.17) is 21.8 Å². The highest BCUT2D eigenvalue weighted by molar-refractivity contribution is 6.30. The van der Waals surface area contributed by atoms with Crippen molar-refractivity contribution in [3.05, 3.63) is 28.8 Å². The van der Waals surface area contributed by atoms with Gasteiger partial charge in [-0.2, -0.15) is 13.2 Å². The molecular formula is C8H6ClF3O2. The molecule has 0 aliphatic carbocycles. The van der Waals surface area contributed by atoms with Crippen LogP contribution in [-0.4, -0.2) is 16.4 Å². The number of halogens is 4. The Morgan fingerprint density at radius 2 is 1.86 bits per heavy atom. The van der Waals surface area contributed by atoms with E-state index in [0.717, 1.165) is 12.1 Å². The molecule has 0 saturated carbocycles. The summed E-state index contributed by atoms with van der Waals surface area (Å²) in [6.07, 6.45) is -7.54. The Labute approximate surface area is 82.5 Å². The van der Waals surface area contributed by atoms with Crippen molar-refractivity contribution in [1.29, 1.82) is 0 Å². The van der Waals surface area contributed by atoms with Crippen LogP contribution in [0.25, 0.3) is 0 Å². The zero-order chi connectivity index (χ0) is 10.9. The molecule has 2 nitrogen and oxygen atoms in total. The van der Waals surface area contributed by atoms with Crippen molar-refractivity contribution in [2.24, 2.45) is 0 Å². The lowest BCUT2D eigenvalue weighted by Crippen LogP contribution is -2.20. The van der Waals surface area contributed by atoms with Gasteiger partial charge < -0.3 is 10.2 Å². The van der Waals surface area contributed by atoms with Crippen LogP contribution in [0.4, 0.5) is 13.2 Å². The van der Waals surface area contributed by atoms with Gasteiger partial charge in [0.1, 0.15) is 5.75 Å². The van der Waals surface area contributed by atoms with E-state index in [1.165, 1.54) is 6.07 Å². The summed E-state index contributed by atoms with van der Waals surface area (Å²) >= 11 is 5.42. The van der Waals surface area contributed by atoms with Crippen molar-refractivity contribution >= 4 is 11.6 Å². The Morgan fingerprint density at radius 1 is 1.29 bits per heavy atom. The van der Waals surface area contributed by atoms with E-state index in [0.29, 0.717) is 0 Å². The lowest BCUT2D eigenvalue weighted by molar-refractivity contribution is -0.207. The molecule has 0 unspecified atom stereocenters. The maximum Gasteiger partial charge on any atom is 0.418 e. The van der Waals surface area contributed by atoms with Crippen molar-refractivity contribution < 1.29 is 23.4 Å². The van der Waals surface area contributed by atoms with Gasteiger partial charge in [-0.15, -0.1) is 0 Å². The zero-order valence-electron chi connectivity index (χ0n) is 6.72. The lowest BCUT2D eigenvalue weighted by atomic mass is 10.1. The fourth-order valence-electron chi connectivity index (χ4n) is 0.921.